The van der Waals surface area contributed by atoms with Crippen LogP contribution >= 0.6 is 0 Å². The van der Waals surface area contributed by atoms with Crippen molar-refractivity contribution < 1.29 is 33.0 Å². The number of carbonyl (C=O) groups excluding carboxylic acids is 1. The monoisotopic (exact) mass is 227 g/mol. The van der Waals surface area contributed by atoms with Crippen LogP contribution in [0.25, 0.3) is 0 Å². The van der Waals surface area contributed by atoms with Crippen molar-refractivity contribution in [3.05, 3.63) is 0 Å². The molecule has 1 rings (SSSR count). The Morgan fingerprint density at radius 1 is 1.33 bits per heavy atom. The molecule has 1 aliphatic rings. The van der Waals surface area contributed by atoms with E-state index in [1.807, 2.05) is 0 Å². The average molecular weight is 227 g/mol. The summed E-state index contributed by atoms with van der Waals surface area (Å²) in [6.07, 6.45) is -6.73. The molecule has 5 nitrogen and oxygen atoms in total. The van der Waals surface area contributed by atoms with E-state index < -0.39 is 36.7 Å². The Balaban J connectivity index is 2.87. The second kappa shape index (κ2) is 3.69. The number of nitrogens with zero attached hydrogens (tertiary/aromatic N) is 1. The van der Waals surface area contributed by atoms with Gasteiger partial charge in [0.2, 0.25) is 0 Å². The van der Waals surface area contributed by atoms with Gasteiger partial charge in [-0.25, -0.2) is 4.79 Å². The molecule has 8 heteroatoms. The smallest absolute Gasteiger partial charge is 0.471 e. The standard InChI is InChI=1S/C7H8F3NO4/c8-7(9,10)6(15)11-2-1-3(12)4(11)5(13)14/h3-4,12H,1-2H2,(H,13,14)/t3-,4+/m1/s1. The number of likely N-dealkylation sites (tertiary alicyclic amines) is 1. The van der Waals surface area contributed by atoms with Crippen LogP contribution in [0.4, 0.5) is 13.2 Å². The summed E-state index contributed by atoms with van der Waals surface area (Å²) in [5, 5.41) is 17.6. The molecule has 86 valence electrons. The number of rotatable bonds is 1. The first-order valence-corrected chi connectivity index (χ1v) is 4.04. The minimum Gasteiger partial charge on any atom is -0.480 e. The number of alkyl halides is 3. The fraction of sp³-hybridized carbons (Fsp3) is 0.714. The van der Waals surface area contributed by atoms with E-state index in [9.17, 15) is 22.8 Å². The van der Waals surface area contributed by atoms with Crippen molar-refractivity contribution in [2.24, 2.45) is 0 Å². The van der Waals surface area contributed by atoms with Crippen LogP contribution in [0.1, 0.15) is 6.42 Å². The van der Waals surface area contributed by atoms with E-state index in [1.54, 1.807) is 0 Å². The van der Waals surface area contributed by atoms with Crippen LogP contribution < -0.4 is 0 Å². The highest BCUT2D eigenvalue weighted by molar-refractivity contribution is 5.88. The number of amides is 1. The van der Waals surface area contributed by atoms with E-state index >= 15 is 0 Å². The zero-order valence-corrected chi connectivity index (χ0v) is 7.36. The molecule has 0 aromatic heterocycles. The molecule has 2 atom stereocenters. The van der Waals surface area contributed by atoms with Crippen LogP contribution in [0.15, 0.2) is 0 Å². The molecule has 0 aliphatic carbocycles. The Hall–Kier alpha value is -1.31. The Labute approximate surface area is 82.1 Å². The first-order valence-electron chi connectivity index (χ1n) is 4.04. The highest BCUT2D eigenvalue weighted by Gasteiger charge is 2.50. The molecular formula is C7H8F3NO4. The Bertz CT molecular complexity index is 290. The predicted octanol–water partition coefficient (Wildman–Crippen LogP) is -0.405. The molecule has 15 heavy (non-hydrogen) atoms. The van der Waals surface area contributed by atoms with Crippen molar-refractivity contribution in [3.63, 3.8) is 0 Å². The van der Waals surface area contributed by atoms with Crippen molar-refractivity contribution in [2.45, 2.75) is 24.7 Å². The Kier molecular flexibility index (Phi) is 2.89. The van der Waals surface area contributed by atoms with Gasteiger partial charge in [-0.15, -0.1) is 0 Å². The van der Waals surface area contributed by atoms with Gasteiger partial charge in [-0.3, -0.25) is 4.79 Å². The maximum Gasteiger partial charge on any atom is 0.471 e. The van der Waals surface area contributed by atoms with E-state index in [0.717, 1.165) is 0 Å². The zero-order chi connectivity index (χ0) is 11.8. The van der Waals surface area contributed by atoms with Crippen LogP contribution in [-0.2, 0) is 9.59 Å². The van der Waals surface area contributed by atoms with Crippen LogP contribution in [0.3, 0.4) is 0 Å². The van der Waals surface area contributed by atoms with E-state index in [1.165, 1.54) is 0 Å². The minimum atomic E-state index is -5.11. The van der Waals surface area contributed by atoms with Crippen molar-refractivity contribution in [2.75, 3.05) is 6.54 Å². The molecule has 1 heterocycles. The fourth-order valence-corrected chi connectivity index (χ4v) is 1.46. The topological polar surface area (TPSA) is 77.8 Å². The summed E-state index contributed by atoms with van der Waals surface area (Å²) < 4.78 is 36.0. The van der Waals surface area contributed by atoms with Crippen LogP contribution in [0.2, 0.25) is 0 Å². The number of halogens is 3. The maximum absolute atomic E-state index is 12.0. The molecule has 2 N–H and O–H groups in total. The number of aliphatic hydroxyl groups is 1. The number of carboxylic acids is 1. The third-order valence-corrected chi connectivity index (χ3v) is 2.12. The number of hydrogen-bond acceptors (Lipinski definition) is 3. The minimum absolute atomic E-state index is 0.132. The summed E-state index contributed by atoms with van der Waals surface area (Å²) in [6.45, 7) is -0.406. The third-order valence-electron chi connectivity index (χ3n) is 2.12. The van der Waals surface area contributed by atoms with Crippen molar-refractivity contribution in [3.8, 4) is 0 Å². The van der Waals surface area contributed by atoms with Gasteiger partial charge in [-0.2, -0.15) is 13.2 Å². The number of carbonyl (C=O) groups is 2. The number of aliphatic carboxylic acids is 1. The van der Waals surface area contributed by atoms with Crippen molar-refractivity contribution >= 4 is 11.9 Å². The lowest BCUT2D eigenvalue weighted by molar-refractivity contribution is -0.189. The third kappa shape index (κ3) is 2.20. The molecule has 1 aliphatic heterocycles. The van der Waals surface area contributed by atoms with Gasteiger partial charge in [0.15, 0.2) is 6.04 Å². The molecule has 0 saturated carbocycles. The Morgan fingerprint density at radius 2 is 1.87 bits per heavy atom. The number of hydrogen-bond donors (Lipinski definition) is 2. The molecule has 1 amide bonds. The average Bonchev–Trinajstić information content (AvgIpc) is 2.43. The van der Waals surface area contributed by atoms with Gasteiger partial charge in [-0.05, 0) is 6.42 Å². The van der Waals surface area contributed by atoms with E-state index in [-0.39, 0.29) is 11.3 Å². The molecule has 1 saturated heterocycles. The number of aliphatic hydroxyl groups excluding tert-OH is 1. The number of carboxylic acid groups (broad SMARTS) is 1. The SMILES string of the molecule is O=C(O)[C@@H]1[C@H](O)CCN1C(=O)C(F)(F)F. The van der Waals surface area contributed by atoms with Crippen LogP contribution in [-0.4, -0.2) is 51.9 Å². The van der Waals surface area contributed by atoms with Gasteiger partial charge in [0.25, 0.3) is 0 Å². The van der Waals surface area contributed by atoms with E-state index in [2.05, 4.69) is 0 Å². The van der Waals surface area contributed by atoms with Gasteiger partial charge < -0.3 is 15.1 Å². The quantitative estimate of drug-likeness (QED) is 0.638. The normalized spacial score (nSPS) is 26.8. The van der Waals surface area contributed by atoms with E-state index in [0.29, 0.717) is 0 Å². The van der Waals surface area contributed by atoms with Crippen LogP contribution in [0.5, 0.6) is 0 Å². The second-order valence-electron chi connectivity index (χ2n) is 3.14. The lowest BCUT2D eigenvalue weighted by Crippen LogP contribution is -2.49. The summed E-state index contributed by atoms with van der Waals surface area (Å²) in [4.78, 5) is 21.4. The molecule has 1 fully saturated rings. The molecule has 0 unspecified atom stereocenters. The predicted molar refractivity (Wildman–Crippen MR) is 39.8 cm³/mol. The van der Waals surface area contributed by atoms with Crippen molar-refractivity contribution in [1.29, 1.82) is 0 Å². The van der Waals surface area contributed by atoms with Gasteiger partial charge in [-0.1, -0.05) is 0 Å². The molecule has 0 bridgehead atoms. The Morgan fingerprint density at radius 3 is 2.27 bits per heavy atom. The van der Waals surface area contributed by atoms with Gasteiger partial charge >= 0.3 is 18.1 Å². The lowest BCUT2D eigenvalue weighted by Gasteiger charge is -2.23. The molecule has 0 aromatic rings. The summed E-state index contributed by atoms with van der Waals surface area (Å²) >= 11 is 0. The summed E-state index contributed by atoms with van der Waals surface area (Å²) in [7, 11) is 0. The van der Waals surface area contributed by atoms with Gasteiger partial charge in [0.1, 0.15) is 0 Å². The maximum atomic E-state index is 12.0. The summed E-state index contributed by atoms with van der Waals surface area (Å²) in [5.74, 6) is -3.87. The largest absolute Gasteiger partial charge is 0.480 e. The lowest BCUT2D eigenvalue weighted by atomic mass is 10.2. The first kappa shape index (κ1) is 11.8. The molecule has 0 spiro atoms. The first-order chi connectivity index (χ1) is 6.75. The molecule has 0 aromatic carbocycles. The highest BCUT2D eigenvalue weighted by atomic mass is 19.4. The zero-order valence-electron chi connectivity index (χ0n) is 7.36. The second-order valence-corrected chi connectivity index (χ2v) is 3.14. The van der Waals surface area contributed by atoms with Gasteiger partial charge in [0.05, 0.1) is 6.10 Å². The molecule has 0 radical (unpaired) electrons. The van der Waals surface area contributed by atoms with Crippen molar-refractivity contribution in [1.82, 2.24) is 4.90 Å². The van der Waals surface area contributed by atoms with Gasteiger partial charge in [0, 0.05) is 6.54 Å². The summed E-state index contributed by atoms with van der Waals surface area (Å²) in [5.41, 5.74) is 0. The molecular weight excluding hydrogens is 219 g/mol. The van der Waals surface area contributed by atoms with Crippen LogP contribution in [0, 0.1) is 0 Å². The summed E-state index contributed by atoms with van der Waals surface area (Å²) in [6, 6.07) is -1.81. The highest BCUT2D eigenvalue weighted by Crippen LogP contribution is 2.25. The fourth-order valence-electron chi connectivity index (χ4n) is 1.46. The van der Waals surface area contributed by atoms with E-state index in [4.69, 9.17) is 10.2 Å².